The Hall–Kier alpha value is -1.75. The molecule has 1 N–H and O–H groups in total. The zero-order valence-corrected chi connectivity index (χ0v) is 17.6. The van der Waals surface area contributed by atoms with Gasteiger partial charge < -0.3 is 9.88 Å². The van der Waals surface area contributed by atoms with Crippen molar-refractivity contribution < 1.29 is 4.79 Å². The molecule has 0 fully saturated rings. The fraction of sp³-hybridized carbons (Fsp3) is 0.524. The predicted molar refractivity (Wildman–Crippen MR) is 111 cm³/mol. The fourth-order valence-corrected chi connectivity index (χ4v) is 3.67. The van der Waals surface area contributed by atoms with Crippen LogP contribution in [0.2, 0.25) is 0 Å². The number of anilines is 1. The van der Waals surface area contributed by atoms with Crippen molar-refractivity contribution in [3.63, 3.8) is 0 Å². The van der Waals surface area contributed by atoms with E-state index in [9.17, 15) is 4.79 Å². The van der Waals surface area contributed by atoms with Crippen LogP contribution in [0.5, 0.6) is 0 Å². The Morgan fingerprint density at radius 3 is 2.42 bits per heavy atom. The Kier molecular flexibility index (Phi) is 7.33. The maximum Gasteiger partial charge on any atom is 0.234 e. The molecule has 5 heteroatoms. The molecule has 0 aliphatic heterocycles. The highest BCUT2D eigenvalue weighted by Crippen LogP contribution is 2.23. The molecule has 1 aromatic heterocycles. The standard InChI is InChI=1S/C21H31N3OS/c1-7-15(4)18-8-10-19(11-9-18)23-20(25)13-26-21-22-16(5)17(6)24(21)12-14(2)3/h8-11,14-15H,7,12-13H2,1-6H3,(H,23,25)/t15-/m1/s1. The van der Waals surface area contributed by atoms with E-state index in [1.54, 1.807) is 0 Å². The van der Waals surface area contributed by atoms with Crippen LogP contribution in [-0.2, 0) is 11.3 Å². The lowest BCUT2D eigenvalue weighted by Crippen LogP contribution is -2.15. The molecule has 0 radical (unpaired) electrons. The number of hydrogen-bond acceptors (Lipinski definition) is 3. The van der Waals surface area contributed by atoms with Crippen LogP contribution in [0.15, 0.2) is 29.4 Å². The topological polar surface area (TPSA) is 46.9 Å². The van der Waals surface area contributed by atoms with Gasteiger partial charge in [0.1, 0.15) is 0 Å². The van der Waals surface area contributed by atoms with Crippen LogP contribution in [0, 0.1) is 19.8 Å². The molecule has 26 heavy (non-hydrogen) atoms. The third-order valence-electron chi connectivity index (χ3n) is 4.68. The number of imidazole rings is 1. The first kappa shape index (κ1) is 20.6. The van der Waals surface area contributed by atoms with Gasteiger partial charge in [-0.1, -0.05) is 51.6 Å². The highest BCUT2D eigenvalue weighted by molar-refractivity contribution is 7.99. The number of nitrogens with zero attached hydrogens (tertiary/aromatic N) is 2. The molecule has 0 spiro atoms. The number of rotatable bonds is 8. The van der Waals surface area contributed by atoms with Gasteiger partial charge in [0.05, 0.1) is 11.4 Å². The van der Waals surface area contributed by atoms with Crippen LogP contribution < -0.4 is 5.32 Å². The number of aryl methyl sites for hydroxylation is 1. The van der Waals surface area contributed by atoms with Gasteiger partial charge in [-0.15, -0.1) is 0 Å². The number of carbonyl (C=O) groups is 1. The molecule has 0 saturated heterocycles. The predicted octanol–water partition coefficient (Wildman–Crippen LogP) is 5.40. The number of benzene rings is 1. The van der Waals surface area contributed by atoms with Crippen LogP contribution in [0.25, 0.3) is 0 Å². The van der Waals surface area contributed by atoms with Crippen molar-refractivity contribution in [2.45, 2.75) is 65.6 Å². The summed E-state index contributed by atoms with van der Waals surface area (Å²) in [7, 11) is 0. The van der Waals surface area contributed by atoms with Crippen molar-refractivity contribution >= 4 is 23.4 Å². The zero-order chi connectivity index (χ0) is 19.3. The first-order chi connectivity index (χ1) is 12.3. The highest BCUT2D eigenvalue weighted by Gasteiger charge is 2.14. The first-order valence-corrected chi connectivity index (χ1v) is 10.4. The van der Waals surface area contributed by atoms with E-state index in [1.165, 1.54) is 23.0 Å². The van der Waals surface area contributed by atoms with Gasteiger partial charge >= 0.3 is 0 Å². The minimum Gasteiger partial charge on any atom is -0.325 e. The van der Waals surface area contributed by atoms with Gasteiger partial charge in [-0.3, -0.25) is 4.79 Å². The summed E-state index contributed by atoms with van der Waals surface area (Å²) in [6.07, 6.45) is 1.12. The van der Waals surface area contributed by atoms with Crippen molar-refractivity contribution in [3.8, 4) is 0 Å². The number of hydrogen-bond donors (Lipinski definition) is 1. The van der Waals surface area contributed by atoms with Crippen LogP contribution >= 0.6 is 11.8 Å². The summed E-state index contributed by atoms with van der Waals surface area (Å²) in [5, 5.41) is 3.91. The molecule has 1 heterocycles. The third kappa shape index (κ3) is 5.37. The highest BCUT2D eigenvalue weighted by atomic mass is 32.2. The second kappa shape index (κ2) is 9.26. The molecule has 1 amide bonds. The average molecular weight is 374 g/mol. The quantitative estimate of drug-likeness (QED) is 0.630. The monoisotopic (exact) mass is 373 g/mol. The molecule has 0 saturated carbocycles. The molecule has 2 aromatic rings. The lowest BCUT2D eigenvalue weighted by atomic mass is 9.99. The molecule has 142 valence electrons. The van der Waals surface area contributed by atoms with E-state index in [-0.39, 0.29) is 5.91 Å². The minimum absolute atomic E-state index is 0.000642. The zero-order valence-electron chi connectivity index (χ0n) is 16.8. The lowest BCUT2D eigenvalue weighted by Gasteiger charge is -2.12. The molecule has 0 bridgehead atoms. The summed E-state index contributed by atoms with van der Waals surface area (Å²) in [6, 6.07) is 8.16. The lowest BCUT2D eigenvalue weighted by molar-refractivity contribution is -0.113. The number of nitrogens with one attached hydrogen (secondary N) is 1. The Morgan fingerprint density at radius 1 is 1.19 bits per heavy atom. The van der Waals surface area contributed by atoms with Gasteiger partial charge in [-0.25, -0.2) is 4.98 Å². The second-order valence-electron chi connectivity index (χ2n) is 7.34. The smallest absolute Gasteiger partial charge is 0.234 e. The number of amides is 1. The molecule has 2 rings (SSSR count). The molecular formula is C21H31N3OS. The van der Waals surface area contributed by atoms with Crippen molar-refractivity contribution in [3.05, 3.63) is 41.2 Å². The maximum absolute atomic E-state index is 12.3. The van der Waals surface area contributed by atoms with Gasteiger partial charge in [0.2, 0.25) is 5.91 Å². The van der Waals surface area contributed by atoms with Crippen molar-refractivity contribution in [2.75, 3.05) is 11.1 Å². The molecule has 1 atom stereocenters. The average Bonchev–Trinajstić information content (AvgIpc) is 2.87. The summed E-state index contributed by atoms with van der Waals surface area (Å²) < 4.78 is 2.22. The van der Waals surface area contributed by atoms with E-state index < -0.39 is 0 Å². The molecular weight excluding hydrogens is 342 g/mol. The van der Waals surface area contributed by atoms with E-state index in [0.29, 0.717) is 17.6 Å². The van der Waals surface area contributed by atoms with Gasteiger partial charge in [0.15, 0.2) is 5.16 Å². The van der Waals surface area contributed by atoms with Gasteiger partial charge in [-0.05, 0) is 49.8 Å². The number of carbonyl (C=O) groups excluding carboxylic acids is 1. The van der Waals surface area contributed by atoms with Crippen molar-refractivity contribution in [2.24, 2.45) is 5.92 Å². The SMILES string of the molecule is CC[C@@H](C)c1ccc(NC(=O)CSc2nc(C)c(C)n2CC(C)C)cc1. The molecule has 0 aliphatic rings. The summed E-state index contributed by atoms with van der Waals surface area (Å²) >= 11 is 1.50. The van der Waals surface area contributed by atoms with Crippen LogP contribution in [0.1, 0.15) is 57.0 Å². The maximum atomic E-state index is 12.3. The molecule has 0 unspecified atom stereocenters. The van der Waals surface area contributed by atoms with E-state index in [0.717, 1.165) is 29.5 Å². The van der Waals surface area contributed by atoms with E-state index in [4.69, 9.17) is 0 Å². The normalized spacial score (nSPS) is 12.4. The van der Waals surface area contributed by atoms with E-state index in [1.807, 2.05) is 19.1 Å². The van der Waals surface area contributed by atoms with Gasteiger partial charge in [0, 0.05) is 17.9 Å². The summed E-state index contributed by atoms with van der Waals surface area (Å²) in [5.74, 6) is 1.45. The third-order valence-corrected chi connectivity index (χ3v) is 5.66. The summed E-state index contributed by atoms with van der Waals surface area (Å²) in [4.78, 5) is 16.9. The van der Waals surface area contributed by atoms with Crippen LogP contribution in [0.4, 0.5) is 5.69 Å². The largest absolute Gasteiger partial charge is 0.325 e. The van der Waals surface area contributed by atoms with Crippen molar-refractivity contribution in [1.82, 2.24) is 9.55 Å². The first-order valence-electron chi connectivity index (χ1n) is 9.38. The van der Waals surface area contributed by atoms with Gasteiger partial charge in [0.25, 0.3) is 0 Å². The van der Waals surface area contributed by atoms with Crippen LogP contribution in [0.3, 0.4) is 0 Å². The summed E-state index contributed by atoms with van der Waals surface area (Å²) in [6.45, 7) is 13.8. The Balaban J connectivity index is 1.96. The Bertz CT molecular complexity index is 734. The molecule has 0 aliphatic carbocycles. The Morgan fingerprint density at radius 2 is 1.85 bits per heavy atom. The van der Waals surface area contributed by atoms with E-state index in [2.05, 4.69) is 61.6 Å². The fourth-order valence-electron chi connectivity index (χ4n) is 2.77. The second-order valence-corrected chi connectivity index (χ2v) is 8.28. The van der Waals surface area contributed by atoms with Gasteiger partial charge in [-0.2, -0.15) is 0 Å². The van der Waals surface area contributed by atoms with Crippen LogP contribution in [-0.4, -0.2) is 21.2 Å². The summed E-state index contributed by atoms with van der Waals surface area (Å²) in [5.41, 5.74) is 4.37. The minimum atomic E-state index is 0.000642. The van der Waals surface area contributed by atoms with E-state index >= 15 is 0 Å². The number of thioether (sulfide) groups is 1. The number of aromatic nitrogens is 2. The Labute approximate surface area is 161 Å². The molecule has 1 aromatic carbocycles. The molecule has 4 nitrogen and oxygen atoms in total. The van der Waals surface area contributed by atoms with Crippen molar-refractivity contribution in [1.29, 1.82) is 0 Å².